The minimum atomic E-state index is -0.790. The molecule has 0 aromatic heterocycles. The van der Waals surface area contributed by atoms with Crippen LogP contribution in [-0.4, -0.2) is 29.9 Å². The summed E-state index contributed by atoms with van der Waals surface area (Å²) in [5, 5.41) is 6.77. The van der Waals surface area contributed by atoms with Crippen molar-refractivity contribution in [1.82, 2.24) is 5.32 Å². The normalized spacial score (nSPS) is 23.0. The number of anilines is 1. The van der Waals surface area contributed by atoms with Gasteiger partial charge >= 0.3 is 0 Å². The van der Waals surface area contributed by atoms with Crippen LogP contribution in [0.4, 0.5) is 5.69 Å². The topological polar surface area (TPSA) is 98.2 Å². The first-order valence-electron chi connectivity index (χ1n) is 10.6. The van der Waals surface area contributed by atoms with Crippen molar-refractivity contribution >= 4 is 17.5 Å². The third-order valence-electron chi connectivity index (χ3n) is 5.88. The van der Waals surface area contributed by atoms with E-state index in [4.69, 9.17) is 5.53 Å². The number of hydrogen-bond acceptors (Lipinski definition) is 3. The van der Waals surface area contributed by atoms with Gasteiger partial charge < -0.3 is 10.2 Å². The number of benzene rings is 1. The lowest BCUT2D eigenvalue weighted by molar-refractivity contribution is -0.125. The number of nitrogens with zero attached hydrogens (tertiary/aromatic N) is 4. The highest BCUT2D eigenvalue weighted by Gasteiger charge is 2.38. The maximum atomic E-state index is 13.3. The fraction of sp³-hybridized carbons (Fsp3) is 0.636. The van der Waals surface area contributed by atoms with Gasteiger partial charge in [0.15, 0.2) is 0 Å². The zero-order valence-electron chi connectivity index (χ0n) is 17.6. The molecular weight excluding hydrogens is 366 g/mol. The largest absolute Gasteiger partial charge is 0.350 e. The van der Waals surface area contributed by atoms with Crippen molar-refractivity contribution in [3.05, 3.63) is 40.3 Å². The van der Waals surface area contributed by atoms with Crippen molar-refractivity contribution in [2.75, 3.05) is 11.4 Å². The summed E-state index contributed by atoms with van der Waals surface area (Å²) in [6.07, 6.45) is 6.40. The highest BCUT2D eigenvalue weighted by molar-refractivity contribution is 6.03. The summed E-state index contributed by atoms with van der Waals surface area (Å²) in [5.41, 5.74) is 10.5. The van der Waals surface area contributed by atoms with E-state index in [1.807, 2.05) is 39.0 Å². The van der Waals surface area contributed by atoms with E-state index >= 15 is 0 Å². The number of azide groups is 1. The molecule has 1 saturated carbocycles. The Morgan fingerprint density at radius 3 is 2.59 bits per heavy atom. The lowest BCUT2D eigenvalue weighted by atomic mass is 9.74. The Morgan fingerprint density at radius 1 is 1.24 bits per heavy atom. The van der Waals surface area contributed by atoms with Gasteiger partial charge in [-0.25, -0.2) is 0 Å². The molecule has 1 aliphatic carbocycles. The third-order valence-corrected chi connectivity index (χ3v) is 5.88. The van der Waals surface area contributed by atoms with E-state index in [0.717, 1.165) is 24.1 Å². The monoisotopic (exact) mass is 397 g/mol. The SMILES string of the molecule is CC(C)(C)NC(=O)CN1C(=O)[C@H](N=[N+]=[N-])C[C@H](C2CCCCC2)c2ccccc21. The zero-order valence-corrected chi connectivity index (χ0v) is 17.6. The van der Waals surface area contributed by atoms with Gasteiger partial charge in [0, 0.05) is 16.1 Å². The summed E-state index contributed by atoms with van der Waals surface area (Å²) < 4.78 is 0. The molecule has 29 heavy (non-hydrogen) atoms. The first-order chi connectivity index (χ1) is 13.8. The Kier molecular flexibility index (Phi) is 6.48. The van der Waals surface area contributed by atoms with Crippen molar-refractivity contribution in [1.29, 1.82) is 0 Å². The van der Waals surface area contributed by atoms with E-state index < -0.39 is 6.04 Å². The van der Waals surface area contributed by atoms with Crippen molar-refractivity contribution in [2.24, 2.45) is 11.0 Å². The predicted molar refractivity (Wildman–Crippen MR) is 114 cm³/mol. The standard InChI is InChI=1S/C22H31N5O2/c1-22(2,3)24-20(28)14-27-19-12-8-7-11-16(19)17(15-9-5-4-6-10-15)13-18(21(27)29)25-26-23/h7-8,11-12,15,17-18H,4-6,9-10,13-14H2,1-3H3,(H,24,28)/t17-,18-/m1/s1. The van der Waals surface area contributed by atoms with Gasteiger partial charge in [-0.3, -0.25) is 9.59 Å². The fourth-order valence-electron chi connectivity index (χ4n) is 4.72. The first kappa shape index (κ1) is 21.2. The molecule has 1 fully saturated rings. The fourth-order valence-corrected chi connectivity index (χ4v) is 4.72. The first-order valence-corrected chi connectivity index (χ1v) is 10.6. The van der Waals surface area contributed by atoms with Crippen LogP contribution in [0.15, 0.2) is 29.4 Å². The maximum Gasteiger partial charge on any atom is 0.240 e. The number of carbonyl (C=O) groups is 2. The molecule has 2 amide bonds. The number of carbonyl (C=O) groups excluding carboxylic acids is 2. The van der Waals surface area contributed by atoms with Crippen molar-refractivity contribution in [3.63, 3.8) is 0 Å². The molecule has 7 nitrogen and oxygen atoms in total. The predicted octanol–water partition coefficient (Wildman–Crippen LogP) is 4.68. The maximum absolute atomic E-state index is 13.3. The lowest BCUT2D eigenvalue weighted by Crippen LogP contribution is -2.49. The Balaban J connectivity index is 2.00. The van der Waals surface area contributed by atoms with E-state index in [1.54, 1.807) is 0 Å². The van der Waals surface area contributed by atoms with E-state index in [1.165, 1.54) is 24.2 Å². The van der Waals surface area contributed by atoms with Gasteiger partial charge in [-0.2, -0.15) is 0 Å². The quantitative estimate of drug-likeness (QED) is 0.453. The second-order valence-electron chi connectivity index (χ2n) is 9.24. The van der Waals surface area contributed by atoms with Crippen molar-refractivity contribution in [2.45, 2.75) is 76.8 Å². The van der Waals surface area contributed by atoms with Crippen LogP contribution >= 0.6 is 0 Å². The lowest BCUT2D eigenvalue weighted by Gasteiger charge is -2.31. The summed E-state index contributed by atoms with van der Waals surface area (Å²) in [6, 6.07) is 7.07. The molecule has 1 heterocycles. The summed E-state index contributed by atoms with van der Waals surface area (Å²) in [6.45, 7) is 5.64. The van der Waals surface area contributed by atoms with Crippen LogP contribution in [0.3, 0.4) is 0 Å². The molecular formula is C22H31N5O2. The van der Waals surface area contributed by atoms with Gasteiger partial charge in [-0.05, 0) is 69.0 Å². The molecule has 0 bridgehead atoms. The zero-order chi connectivity index (χ0) is 21.0. The smallest absolute Gasteiger partial charge is 0.240 e. The Morgan fingerprint density at radius 2 is 1.93 bits per heavy atom. The molecule has 0 radical (unpaired) electrons. The van der Waals surface area contributed by atoms with Gasteiger partial charge in [0.2, 0.25) is 11.8 Å². The van der Waals surface area contributed by atoms with Crippen LogP contribution in [-0.2, 0) is 9.59 Å². The molecule has 1 N–H and O–H groups in total. The number of hydrogen-bond donors (Lipinski definition) is 1. The molecule has 7 heteroatoms. The molecule has 1 aromatic rings. The van der Waals surface area contributed by atoms with E-state index in [0.29, 0.717) is 12.3 Å². The highest BCUT2D eigenvalue weighted by Crippen LogP contribution is 2.44. The van der Waals surface area contributed by atoms with E-state index in [2.05, 4.69) is 21.4 Å². The summed E-state index contributed by atoms with van der Waals surface area (Å²) >= 11 is 0. The Bertz CT molecular complexity index is 804. The number of amides is 2. The van der Waals surface area contributed by atoms with Crippen molar-refractivity contribution in [3.8, 4) is 0 Å². The van der Waals surface area contributed by atoms with Crippen LogP contribution in [0.5, 0.6) is 0 Å². The molecule has 0 unspecified atom stereocenters. The minimum absolute atomic E-state index is 0.0814. The Labute approximate surface area is 172 Å². The number of para-hydroxylation sites is 1. The van der Waals surface area contributed by atoms with Gasteiger partial charge in [0.1, 0.15) is 12.6 Å². The molecule has 2 atom stereocenters. The number of rotatable bonds is 4. The number of nitrogens with one attached hydrogen (secondary N) is 1. The number of fused-ring (bicyclic) bond motifs is 1. The third kappa shape index (κ3) is 5.10. The van der Waals surface area contributed by atoms with Crippen LogP contribution in [0.1, 0.15) is 70.8 Å². The molecule has 2 aliphatic rings. The summed E-state index contributed by atoms with van der Waals surface area (Å²) in [4.78, 5) is 30.4. The Hall–Kier alpha value is -2.53. The van der Waals surface area contributed by atoms with Crippen molar-refractivity contribution < 1.29 is 9.59 Å². The minimum Gasteiger partial charge on any atom is -0.350 e. The summed E-state index contributed by atoms with van der Waals surface area (Å²) in [5.74, 6) is 0.105. The average Bonchev–Trinajstić information content (AvgIpc) is 2.78. The van der Waals surface area contributed by atoms with Gasteiger partial charge in [0.25, 0.3) is 0 Å². The average molecular weight is 398 g/mol. The molecule has 3 rings (SSSR count). The van der Waals surface area contributed by atoms with Crippen LogP contribution in [0.2, 0.25) is 0 Å². The molecule has 1 aromatic carbocycles. The molecule has 1 aliphatic heterocycles. The van der Waals surface area contributed by atoms with Gasteiger partial charge in [-0.1, -0.05) is 42.6 Å². The summed E-state index contributed by atoms with van der Waals surface area (Å²) in [7, 11) is 0. The second kappa shape index (κ2) is 8.87. The van der Waals surface area contributed by atoms with E-state index in [-0.39, 0.29) is 29.8 Å². The molecule has 0 saturated heterocycles. The van der Waals surface area contributed by atoms with Crippen LogP contribution in [0.25, 0.3) is 10.4 Å². The van der Waals surface area contributed by atoms with Gasteiger partial charge in [0.05, 0.1) is 0 Å². The molecule has 156 valence electrons. The second-order valence-corrected chi connectivity index (χ2v) is 9.24. The van der Waals surface area contributed by atoms with Crippen LogP contribution in [0, 0.1) is 5.92 Å². The van der Waals surface area contributed by atoms with E-state index in [9.17, 15) is 9.59 Å². The van der Waals surface area contributed by atoms with Crippen LogP contribution < -0.4 is 10.2 Å². The van der Waals surface area contributed by atoms with Gasteiger partial charge in [-0.15, -0.1) is 0 Å². The molecule has 0 spiro atoms. The highest BCUT2D eigenvalue weighted by atomic mass is 16.2.